The minimum absolute atomic E-state index is 0.0160. The quantitative estimate of drug-likeness (QED) is 0.620. The Hall–Kier alpha value is -1.62. The molecular formula is C13H20N4O. The smallest absolute Gasteiger partial charge is 0.141 e. The molecule has 0 radical (unpaired) electrons. The number of pyridine rings is 1. The van der Waals surface area contributed by atoms with Gasteiger partial charge in [-0.1, -0.05) is 6.07 Å². The van der Waals surface area contributed by atoms with Crippen molar-refractivity contribution >= 4 is 11.7 Å². The average molecular weight is 248 g/mol. The van der Waals surface area contributed by atoms with Gasteiger partial charge in [0.05, 0.1) is 6.61 Å². The lowest BCUT2D eigenvalue weighted by atomic mass is 9.99. The summed E-state index contributed by atoms with van der Waals surface area (Å²) in [5.74, 6) is 1.48. The normalized spacial score (nSPS) is 19.8. The van der Waals surface area contributed by atoms with Crippen molar-refractivity contribution in [2.75, 3.05) is 31.7 Å². The summed E-state index contributed by atoms with van der Waals surface area (Å²) in [6.07, 6.45) is 2.36. The van der Waals surface area contributed by atoms with Crippen molar-refractivity contribution in [1.82, 2.24) is 4.98 Å². The molecule has 1 atom stereocenters. The van der Waals surface area contributed by atoms with Crippen molar-refractivity contribution in [3.63, 3.8) is 0 Å². The van der Waals surface area contributed by atoms with Gasteiger partial charge < -0.3 is 15.4 Å². The van der Waals surface area contributed by atoms with Crippen LogP contribution in [0.1, 0.15) is 18.5 Å². The summed E-state index contributed by atoms with van der Waals surface area (Å²) >= 11 is 0. The average Bonchev–Trinajstić information content (AvgIpc) is 2.39. The summed E-state index contributed by atoms with van der Waals surface area (Å²) in [5, 5.41) is 7.43. The van der Waals surface area contributed by atoms with Crippen LogP contribution in [0.3, 0.4) is 0 Å². The molecule has 0 aliphatic carbocycles. The Morgan fingerprint density at radius 2 is 2.44 bits per heavy atom. The molecule has 1 saturated heterocycles. The van der Waals surface area contributed by atoms with Crippen molar-refractivity contribution in [2.45, 2.75) is 12.8 Å². The van der Waals surface area contributed by atoms with Crippen LogP contribution >= 0.6 is 0 Å². The predicted octanol–water partition coefficient (Wildman–Crippen LogP) is 1.23. The summed E-state index contributed by atoms with van der Waals surface area (Å²) in [6.45, 7) is 2.76. The largest absolute Gasteiger partial charge is 0.384 e. The molecule has 5 nitrogen and oxygen atoms in total. The van der Waals surface area contributed by atoms with Crippen molar-refractivity contribution in [3.05, 3.63) is 23.9 Å². The second kappa shape index (κ2) is 5.82. The molecule has 3 N–H and O–H groups in total. The van der Waals surface area contributed by atoms with Crippen LogP contribution in [0.5, 0.6) is 0 Å². The fourth-order valence-electron chi connectivity index (χ4n) is 2.39. The molecule has 98 valence electrons. The van der Waals surface area contributed by atoms with Gasteiger partial charge in [-0.2, -0.15) is 0 Å². The Labute approximate surface area is 107 Å². The highest BCUT2D eigenvalue weighted by atomic mass is 16.5. The van der Waals surface area contributed by atoms with E-state index in [2.05, 4.69) is 9.88 Å². The number of aromatic nitrogens is 1. The maximum atomic E-state index is 7.43. The maximum absolute atomic E-state index is 7.43. The van der Waals surface area contributed by atoms with E-state index < -0.39 is 0 Å². The monoisotopic (exact) mass is 248 g/mol. The van der Waals surface area contributed by atoms with E-state index >= 15 is 0 Å². The van der Waals surface area contributed by atoms with E-state index in [0.717, 1.165) is 31.9 Å². The summed E-state index contributed by atoms with van der Waals surface area (Å²) in [5.41, 5.74) is 6.01. The topological polar surface area (TPSA) is 75.2 Å². The number of nitrogen functional groups attached to an aromatic ring is 1. The van der Waals surface area contributed by atoms with Crippen LogP contribution in [0.25, 0.3) is 0 Å². The standard InChI is InChI=1S/C13H20N4O/c1-18-9-10-4-3-7-17(8-10)12-6-2-5-11(16-12)13(14)15/h2,5-6,10H,3-4,7-9H2,1H3,(H3,14,15). The minimum atomic E-state index is 0.0160. The number of piperidine rings is 1. The van der Waals surface area contributed by atoms with Crippen molar-refractivity contribution < 1.29 is 4.74 Å². The second-order valence-corrected chi connectivity index (χ2v) is 4.70. The lowest BCUT2D eigenvalue weighted by Gasteiger charge is -2.33. The van der Waals surface area contributed by atoms with Gasteiger partial charge in [0.1, 0.15) is 17.3 Å². The van der Waals surface area contributed by atoms with E-state index in [4.69, 9.17) is 15.9 Å². The van der Waals surface area contributed by atoms with Crippen LogP contribution in [-0.2, 0) is 4.74 Å². The third-order valence-electron chi connectivity index (χ3n) is 3.26. The Morgan fingerprint density at radius 1 is 1.61 bits per heavy atom. The van der Waals surface area contributed by atoms with Crippen LogP contribution < -0.4 is 10.6 Å². The van der Waals surface area contributed by atoms with Crippen LogP contribution in [0.15, 0.2) is 18.2 Å². The van der Waals surface area contributed by atoms with Gasteiger partial charge in [0, 0.05) is 20.2 Å². The zero-order chi connectivity index (χ0) is 13.0. The number of nitrogens with one attached hydrogen (secondary N) is 1. The first-order valence-electron chi connectivity index (χ1n) is 6.26. The molecule has 1 fully saturated rings. The summed E-state index contributed by atoms with van der Waals surface area (Å²) in [6, 6.07) is 5.64. The molecule has 18 heavy (non-hydrogen) atoms. The Morgan fingerprint density at radius 3 is 3.17 bits per heavy atom. The van der Waals surface area contributed by atoms with E-state index in [1.165, 1.54) is 6.42 Å². The maximum Gasteiger partial charge on any atom is 0.141 e. The highest BCUT2D eigenvalue weighted by Gasteiger charge is 2.20. The first-order chi connectivity index (χ1) is 8.70. The van der Waals surface area contributed by atoms with Gasteiger partial charge in [-0.3, -0.25) is 5.41 Å². The number of hydrogen-bond donors (Lipinski definition) is 2. The van der Waals surface area contributed by atoms with E-state index in [-0.39, 0.29) is 5.84 Å². The van der Waals surface area contributed by atoms with E-state index in [0.29, 0.717) is 11.6 Å². The molecular weight excluding hydrogens is 228 g/mol. The highest BCUT2D eigenvalue weighted by molar-refractivity contribution is 5.93. The SMILES string of the molecule is COCC1CCCN(c2cccc(C(=N)N)n2)C1. The molecule has 2 heterocycles. The minimum Gasteiger partial charge on any atom is -0.384 e. The molecule has 1 aromatic heterocycles. The molecule has 5 heteroatoms. The van der Waals surface area contributed by atoms with Crippen LogP contribution in [0.4, 0.5) is 5.82 Å². The number of nitrogens with two attached hydrogens (primary N) is 1. The number of anilines is 1. The molecule has 1 aromatic rings. The number of ether oxygens (including phenoxy) is 1. The van der Waals surface area contributed by atoms with Gasteiger partial charge in [-0.25, -0.2) is 4.98 Å². The Balaban J connectivity index is 2.10. The fourth-order valence-corrected chi connectivity index (χ4v) is 2.39. The van der Waals surface area contributed by atoms with Crippen LogP contribution in [0, 0.1) is 11.3 Å². The predicted molar refractivity (Wildman–Crippen MR) is 72.1 cm³/mol. The van der Waals surface area contributed by atoms with E-state index in [1.807, 2.05) is 12.1 Å². The summed E-state index contributed by atoms with van der Waals surface area (Å²) in [7, 11) is 1.74. The van der Waals surface area contributed by atoms with Crippen molar-refractivity contribution in [1.29, 1.82) is 5.41 Å². The third kappa shape index (κ3) is 2.98. The molecule has 0 spiro atoms. The molecule has 0 aromatic carbocycles. The number of methoxy groups -OCH3 is 1. The number of amidine groups is 1. The fraction of sp³-hybridized carbons (Fsp3) is 0.538. The first-order valence-corrected chi connectivity index (χ1v) is 6.26. The summed E-state index contributed by atoms with van der Waals surface area (Å²) in [4.78, 5) is 6.68. The Bertz CT molecular complexity index is 419. The van der Waals surface area contributed by atoms with Crippen LogP contribution in [0.2, 0.25) is 0 Å². The molecule has 1 aliphatic heterocycles. The zero-order valence-electron chi connectivity index (χ0n) is 10.7. The summed E-state index contributed by atoms with van der Waals surface area (Å²) < 4.78 is 5.23. The number of rotatable bonds is 4. The molecule has 0 amide bonds. The van der Waals surface area contributed by atoms with Gasteiger partial charge in [-0.05, 0) is 30.9 Å². The molecule has 1 aliphatic rings. The van der Waals surface area contributed by atoms with E-state index in [9.17, 15) is 0 Å². The third-order valence-corrected chi connectivity index (χ3v) is 3.26. The van der Waals surface area contributed by atoms with Gasteiger partial charge in [0.15, 0.2) is 0 Å². The van der Waals surface area contributed by atoms with Crippen LogP contribution in [-0.4, -0.2) is 37.6 Å². The van der Waals surface area contributed by atoms with Crippen molar-refractivity contribution in [3.8, 4) is 0 Å². The molecule has 2 rings (SSSR count). The molecule has 1 unspecified atom stereocenters. The lowest BCUT2D eigenvalue weighted by Crippen LogP contribution is -2.37. The number of nitrogens with zero attached hydrogens (tertiary/aromatic N) is 2. The van der Waals surface area contributed by atoms with Gasteiger partial charge in [-0.15, -0.1) is 0 Å². The van der Waals surface area contributed by atoms with Gasteiger partial charge in [0.2, 0.25) is 0 Å². The van der Waals surface area contributed by atoms with Gasteiger partial charge in [0.25, 0.3) is 0 Å². The second-order valence-electron chi connectivity index (χ2n) is 4.70. The number of hydrogen-bond acceptors (Lipinski definition) is 4. The molecule has 0 bridgehead atoms. The first kappa shape index (κ1) is 12.8. The van der Waals surface area contributed by atoms with Gasteiger partial charge >= 0.3 is 0 Å². The molecule has 0 saturated carbocycles. The van der Waals surface area contributed by atoms with E-state index in [1.54, 1.807) is 13.2 Å². The zero-order valence-corrected chi connectivity index (χ0v) is 10.7. The van der Waals surface area contributed by atoms with Crippen molar-refractivity contribution in [2.24, 2.45) is 11.7 Å². The lowest BCUT2D eigenvalue weighted by molar-refractivity contribution is 0.143. The highest BCUT2D eigenvalue weighted by Crippen LogP contribution is 2.21. The Kier molecular flexibility index (Phi) is 4.15.